The monoisotopic (exact) mass is 296 g/mol. The molecule has 22 heavy (non-hydrogen) atoms. The summed E-state index contributed by atoms with van der Waals surface area (Å²) < 4.78 is 7.01. The molecule has 6 nitrogen and oxygen atoms in total. The zero-order chi connectivity index (χ0) is 15.4. The summed E-state index contributed by atoms with van der Waals surface area (Å²) in [5.74, 6) is 0.179. The first kappa shape index (κ1) is 14.2. The topological polar surface area (TPSA) is 69.9 Å². The highest BCUT2D eigenvalue weighted by Gasteiger charge is 2.13. The fourth-order valence-electron chi connectivity index (χ4n) is 2.32. The van der Waals surface area contributed by atoms with E-state index in [-0.39, 0.29) is 12.6 Å². The number of hydrogen-bond donors (Lipinski definition) is 0. The number of fused-ring (bicyclic) bond motifs is 1. The standard InChI is InChI=1S/C16H16N4O2/c1-2-10-20-15(17-18-19-20)11-22-16(21)14-9-5-7-12-6-3-4-8-13(12)14/h3-9H,2,10-11H2,1H3. The van der Waals surface area contributed by atoms with Crippen molar-refractivity contribution in [2.45, 2.75) is 26.5 Å². The number of nitrogens with zero attached hydrogens (tertiary/aromatic N) is 4. The molecule has 0 fully saturated rings. The zero-order valence-electron chi connectivity index (χ0n) is 12.3. The van der Waals surface area contributed by atoms with Crippen molar-refractivity contribution >= 4 is 16.7 Å². The molecule has 0 aliphatic carbocycles. The lowest BCUT2D eigenvalue weighted by Gasteiger charge is -2.07. The molecule has 3 rings (SSSR count). The summed E-state index contributed by atoms with van der Waals surface area (Å²) in [5, 5.41) is 13.3. The van der Waals surface area contributed by atoms with Crippen LogP contribution >= 0.6 is 0 Å². The molecule has 0 atom stereocenters. The van der Waals surface area contributed by atoms with E-state index in [0.717, 1.165) is 17.2 Å². The lowest BCUT2D eigenvalue weighted by atomic mass is 10.1. The molecule has 0 radical (unpaired) electrons. The van der Waals surface area contributed by atoms with Crippen LogP contribution in [-0.4, -0.2) is 26.2 Å². The molecule has 0 spiro atoms. The molecule has 2 aromatic carbocycles. The summed E-state index contributed by atoms with van der Waals surface area (Å²) in [7, 11) is 0. The molecular formula is C16H16N4O2. The summed E-state index contributed by atoms with van der Waals surface area (Å²) in [6.07, 6.45) is 0.912. The van der Waals surface area contributed by atoms with Gasteiger partial charge in [-0.1, -0.05) is 43.3 Å². The Balaban J connectivity index is 1.78. The highest BCUT2D eigenvalue weighted by Crippen LogP contribution is 2.19. The number of esters is 1. The van der Waals surface area contributed by atoms with Crippen molar-refractivity contribution in [3.8, 4) is 0 Å². The summed E-state index contributed by atoms with van der Waals surface area (Å²) >= 11 is 0. The van der Waals surface area contributed by atoms with Gasteiger partial charge in [-0.25, -0.2) is 9.48 Å². The lowest BCUT2D eigenvalue weighted by Crippen LogP contribution is -2.11. The molecule has 0 saturated heterocycles. The van der Waals surface area contributed by atoms with Gasteiger partial charge in [0.25, 0.3) is 0 Å². The number of benzene rings is 2. The van der Waals surface area contributed by atoms with E-state index in [1.54, 1.807) is 10.7 Å². The van der Waals surface area contributed by atoms with Crippen LogP contribution in [0.4, 0.5) is 0 Å². The van der Waals surface area contributed by atoms with Crippen LogP contribution in [0, 0.1) is 0 Å². The first-order valence-electron chi connectivity index (χ1n) is 7.19. The van der Waals surface area contributed by atoms with E-state index < -0.39 is 0 Å². The fourth-order valence-corrected chi connectivity index (χ4v) is 2.32. The van der Waals surface area contributed by atoms with E-state index in [0.29, 0.717) is 17.9 Å². The largest absolute Gasteiger partial charge is 0.454 e. The van der Waals surface area contributed by atoms with Crippen LogP contribution < -0.4 is 0 Å². The third-order valence-electron chi connectivity index (χ3n) is 3.38. The number of rotatable bonds is 5. The van der Waals surface area contributed by atoms with Crippen LogP contribution in [0.2, 0.25) is 0 Å². The molecule has 3 aromatic rings. The van der Waals surface area contributed by atoms with Crippen molar-refractivity contribution in [2.24, 2.45) is 0 Å². The van der Waals surface area contributed by atoms with Crippen molar-refractivity contribution < 1.29 is 9.53 Å². The average Bonchev–Trinajstić information content (AvgIpc) is 3.00. The number of carbonyl (C=O) groups is 1. The van der Waals surface area contributed by atoms with E-state index >= 15 is 0 Å². The van der Waals surface area contributed by atoms with Gasteiger partial charge in [-0.2, -0.15) is 0 Å². The predicted molar refractivity (Wildman–Crippen MR) is 81.2 cm³/mol. The second kappa shape index (κ2) is 6.34. The third kappa shape index (κ3) is 2.81. The Kier molecular flexibility index (Phi) is 4.09. The smallest absolute Gasteiger partial charge is 0.339 e. The zero-order valence-corrected chi connectivity index (χ0v) is 12.3. The molecule has 1 heterocycles. The van der Waals surface area contributed by atoms with Crippen molar-refractivity contribution in [1.82, 2.24) is 20.2 Å². The third-order valence-corrected chi connectivity index (χ3v) is 3.38. The quantitative estimate of drug-likeness (QED) is 0.677. The highest BCUT2D eigenvalue weighted by molar-refractivity contribution is 6.04. The Hall–Kier alpha value is -2.76. The van der Waals surface area contributed by atoms with Crippen LogP contribution in [-0.2, 0) is 17.9 Å². The Morgan fingerprint density at radius 3 is 2.86 bits per heavy atom. The average molecular weight is 296 g/mol. The molecule has 0 unspecified atom stereocenters. The van der Waals surface area contributed by atoms with Gasteiger partial charge in [0.15, 0.2) is 12.4 Å². The second-order valence-corrected chi connectivity index (χ2v) is 4.92. The summed E-state index contributed by atoms with van der Waals surface area (Å²) in [6.45, 7) is 2.80. The molecule has 0 amide bonds. The maximum atomic E-state index is 12.3. The van der Waals surface area contributed by atoms with Crippen molar-refractivity contribution in [1.29, 1.82) is 0 Å². The van der Waals surface area contributed by atoms with Crippen LogP contribution in [0.5, 0.6) is 0 Å². The summed E-state index contributed by atoms with van der Waals surface area (Å²) in [4.78, 5) is 12.3. The van der Waals surface area contributed by atoms with Crippen LogP contribution in [0.25, 0.3) is 10.8 Å². The number of tetrazole rings is 1. The Bertz CT molecular complexity index is 792. The van der Waals surface area contributed by atoms with Gasteiger partial charge in [0, 0.05) is 6.54 Å². The summed E-state index contributed by atoms with van der Waals surface area (Å²) in [6, 6.07) is 13.3. The first-order chi connectivity index (χ1) is 10.8. The van der Waals surface area contributed by atoms with Gasteiger partial charge in [-0.3, -0.25) is 0 Å². The maximum absolute atomic E-state index is 12.3. The molecule has 112 valence electrons. The molecule has 1 aromatic heterocycles. The van der Waals surface area contributed by atoms with Crippen molar-refractivity contribution in [2.75, 3.05) is 0 Å². The molecular weight excluding hydrogens is 280 g/mol. The van der Waals surface area contributed by atoms with Gasteiger partial charge >= 0.3 is 5.97 Å². The second-order valence-electron chi connectivity index (χ2n) is 4.92. The molecule has 0 N–H and O–H groups in total. The Morgan fingerprint density at radius 1 is 1.18 bits per heavy atom. The lowest BCUT2D eigenvalue weighted by molar-refractivity contribution is 0.0459. The molecule has 0 aliphatic rings. The van der Waals surface area contributed by atoms with E-state index in [4.69, 9.17) is 4.74 Å². The molecule has 0 aliphatic heterocycles. The Labute approximate surface area is 127 Å². The van der Waals surface area contributed by atoms with Crippen molar-refractivity contribution in [3.63, 3.8) is 0 Å². The Morgan fingerprint density at radius 2 is 2.00 bits per heavy atom. The van der Waals surface area contributed by atoms with Crippen LogP contribution in [0.15, 0.2) is 42.5 Å². The minimum atomic E-state index is -0.372. The van der Waals surface area contributed by atoms with Crippen LogP contribution in [0.3, 0.4) is 0 Å². The normalized spacial score (nSPS) is 10.8. The number of carbonyl (C=O) groups excluding carboxylic acids is 1. The fraction of sp³-hybridized carbons (Fsp3) is 0.250. The molecule has 0 saturated carbocycles. The van der Waals surface area contributed by atoms with Gasteiger partial charge < -0.3 is 4.74 Å². The SMILES string of the molecule is CCCn1nnnc1COC(=O)c1cccc2ccccc12. The van der Waals surface area contributed by atoms with Crippen LogP contribution in [0.1, 0.15) is 29.5 Å². The van der Waals surface area contributed by atoms with Gasteiger partial charge in [0.05, 0.1) is 5.56 Å². The van der Waals surface area contributed by atoms with E-state index in [1.807, 2.05) is 43.3 Å². The van der Waals surface area contributed by atoms with E-state index in [1.165, 1.54) is 0 Å². The molecule has 6 heteroatoms. The highest BCUT2D eigenvalue weighted by atomic mass is 16.5. The minimum Gasteiger partial charge on any atom is -0.454 e. The molecule has 0 bridgehead atoms. The number of aromatic nitrogens is 4. The van der Waals surface area contributed by atoms with Gasteiger partial charge in [-0.15, -0.1) is 5.10 Å². The first-order valence-corrected chi connectivity index (χ1v) is 7.19. The summed E-state index contributed by atoms with van der Waals surface area (Å²) in [5.41, 5.74) is 0.549. The van der Waals surface area contributed by atoms with Gasteiger partial charge in [0.2, 0.25) is 0 Å². The van der Waals surface area contributed by atoms with Gasteiger partial charge in [0.1, 0.15) is 0 Å². The maximum Gasteiger partial charge on any atom is 0.339 e. The van der Waals surface area contributed by atoms with Crippen molar-refractivity contribution in [3.05, 3.63) is 53.9 Å². The minimum absolute atomic E-state index is 0.0645. The van der Waals surface area contributed by atoms with E-state index in [2.05, 4.69) is 15.5 Å². The van der Waals surface area contributed by atoms with E-state index in [9.17, 15) is 4.79 Å². The predicted octanol–water partition coefficient (Wildman–Crippen LogP) is 2.59. The number of aryl methyl sites for hydroxylation is 1. The van der Waals surface area contributed by atoms with Gasteiger partial charge in [-0.05, 0) is 33.7 Å². The number of hydrogen-bond acceptors (Lipinski definition) is 5. The number of ether oxygens (including phenoxy) is 1.